The first-order valence-electron chi connectivity index (χ1n) is 11.7. The van der Waals surface area contributed by atoms with Gasteiger partial charge in [-0.25, -0.2) is 9.18 Å². The Hall–Kier alpha value is -3.45. The molecule has 7 heteroatoms. The summed E-state index contributed by atoms with van der Waals surface area (Å²) in [6, 6.07) is 20.0. The van der Waals surface area contributed by atoms with E-state index in [1.807, 2.05) is 30.3 Å². The number of pyridine rings is 1. The maximum atomic E-state index is 13.3. The maximum Gasteiger partial charge on any atom is 0.415 e. The van der Waals surface area contributed by atoms with Crippen LogP contribution in [0.3, 0.4) is 0 Å². The molecule has 34 heavy (non-hydrogen) atoms. The average Bonchev–Trinajstić information content (AvgIpc) is 3.06. The highest BCUT2D eigenvalue weighted by Crippen LogP contribution is 2.36. The van der Waals surface area contributed by atoms with Crippen molar-refractivity contribution in [3.63, 3.8) is 0 Å². The summed E-state index contributed by atoms with van der Waals surface area (Å²) >= 11 is 0. The standard InChI is InChI=1S/C27H28FN3O3/c28-22-8-10-24(11-9-22)31-20-27(34-26(31)32)12-4-15-30(16-13-27)18-21-5-3-7-25(17-21)33-19-23-6-1-2-14-29-23/h1-3,5-11,14,17H,4,12-13,15-16,18-20H2/t27-/m1/s1. The molecule has 0 N–H and O–H groups in total. The van der Waals surface area contributed by atoms with Gasteiger partial charge in [0.1, 0.15) is 23.8 Å². The van der Waals surface area contributed by atoms with Crippen molar-refractivity contribution in [1.82, 2.24) is 9.88 Å². The summed E-state index contributed by atoms with van der Waals surface area (Å²) in [5.74, 6) is 0.511. The molecule has 0 aliphatic carbocycles. The molecule has 0 bridgehead atoms. The van der Waals surface area contributed by atoms with E-state index in [1.165, 1.54) is 17.7 Å². The van der Waals surface area contributed by atoms with Crippen molar-refractivity contribution in [2.75, 3.05) is 24.5 Å². The van der Waals surface area contributed by atoms with Crippen molar-refractivity contribution in [3.8, 4) is 5.75 Å². The summed E-state index contributed by atoms with van der Waals surface area (Å²) in [6.07, 6.45) is 3.95. The number of carbonyl (C=O) groups is 1. The third-order valence-corrected chi connectivity index (χ3v) is 6.52. The molecule has 0 saturated carbocycles. The molecule has 2 aliphatic heterocycles. The molecular weight excluding hydrogens is 433 g/mol. The first-order valence-corrected chi connectivity index (χ1v) is 11.7. The van der Waals surface area contributed by atoms with E-state index in [2.05, 4.69) is 22.0 Å². The fourth-order valence-corrected chi connectivity index (χ4v) is 4.72. The Morgan fingerprint density at radius 2 is 1.91 bits per heavy atom. The molecule has 0 unspecified atom stereocenters. The second kappa shape index (κ2) is 9.81. The number of aromatic nitrogens is 1. The van der Waals surface area contributed by atoms with E-state index in [1.54, 1.807) is 23.2 Å². The predicted octanol–water partition coefficient (Wildman–Crippen LogP) is 5.18. The van der Waals surface area contributed by atoms with Crippen LogP contribution in [0.4, 0.5) is 14.9 Å². The average molecular weight is 462 g/mol. The Labute approximate surface area is 198 Å². The number of benzene rings is 2. The van der Waals surface area contributed by atoms with Gasteiger partial charge in [-0.15, -0.1) is 0 Å². The molecular formula is C27H28FN3O3. The van der Waals surface area contributed by atoms with Crippen LogP contribution in [0, 0.1) is 5.82 Å². The van der Waals surface area contributed by atoms with Gasteiger partial charge in [0.25, 0.3) is 0 Å². The number of nitrogens with zero attached hydrogens (tertiary/aromatic N) is 3. The summed E-state index contributed by atoms with van der Waals surface area (Å²) in [5.41, 5.74) is 2.26. The van der Waals surface area contributed by atoms with Gasteiger partial charge in [-0.3, -0.25) is 14.8 Å². The summed E-state index contributed by atoms with van der Waals surface area (Å²) in [7, 11) is 0. The number of likely N-dealkylation sites (tertiary alicyclic amines) is 1. The lowest BCUT2D eigenvalue weighted by Crippen LogP contribution is -2.36. The van der Waals surface area contributed by atoms with Gasteiger partial charge in [-0.1, -0.05) is 18.2 Å². The molecule has 2 aliphatic rings. The van der Waals surface area contributed by atoms with E-state index in [-0.39, 0.29) is 11.9 Å². The van der Waals surface area contributed by atoms with E-state index in [4.69, 9.17) is 9.47 Å². The topological polar surface area (TPSA) is 54.9 Å². The second-order valence-corrected chi connectivity index (χ2v) is 9.00. The van der Waals surface area contributed by atoms with Crippen molar-refractivity contribution in [1.29, 1.82) is 0 Å². The largest absolute Gasteiger partial charge is 0.487 e. The van der Waals surface area contributed by atoms with Crippen molar-refractivity contribution in [3.05, 3.63) is 90.0 Å². The van der Waals surface area contributed by atoms with Gasteiger partial charge in [-0.2, -0.15) is 0 Å². The predicted molar refractivity (Wildman–Crippen MR) is 127 cm³/mol. The second-order valence-electron chi connectivity index (χ2n) is 9.00. The molecule has 176 valence electrons. The summed E-state index contributed by atoms with van der Waals surface area (Å²) in [6.45, 7) is 3.53. The summed E-state index contributed by atoms with van der Waals surface area (Å²) in [5, 5.41) is 0. The first kappa shape index (κ1) is 22.3. The molecule has 0 radical (unpaired) electrons. The molecule has 3 heterocycles. The van der Waals surface area contributed by atoms with Gasteiger partial charge in [-0.05, 0) is 73.5 Å². The minimum atomic E-state index is -0.492. The van der Waals surface area contributed by atoms with Crippen molar-refractivity contribution in [2.24, 2.45) is 0 Å². The Morgan fingerprint density at radius 3 is 2.74 bits per heavy atom. The van der Waals surface area contributed by atoms with E-state index in [0.717, 1.165) is 50.3 Å². The number of ether oxygens (including phenoxy) is 2. The van der Waals surface area contributed by atoms with Crippen molar-refractivity contribution >= 4 is 11.8 Å². The molecule has 5 rings (SSSR count). The van der Waals surface area contributed by atoms with Crippen molar-refractivity contribution < 1.29 is 18.7 Å². The summed E-state index contributed by atoms with van der Waals surface area (Å²) < 4.78 is 25.1. The van der Waals surface area contributed by atoms with Crippen LogP contribution in [0.15, 0.2) is 72.9 Å². The van der Waals surface area contributed by atoms with Crippen LogP contribution in [0.1, 0.15) is 30.5 Å². The number of carbonyl (C=O) groups excluding carboxylic acids is 1. The van der Waals surface area contributed by atoms with E-state index >= 15 is 0 Å². The zero-order valence-corrected chi connectivity index (χ0v) is 19.0. The molecule has 1 atom stereocenters. The van der Waals surface area contributed by atoms with E-state index in [9.17, 15) is 9.18 Å². The number of anilines is 1. The van der Waals surface area contributed by atoms with Crippen LogP contribution >= 0.6 is 0 Å². The molecule has 1 aromatic heterocycles. The first-order chi connectivity index (χ1) is 16.6. The smallest absolute Gasteiger partial charge is 0.415 e. The molecule has 2 aromatic carbocycles. The van der Waals surface area contributed by atoms with Crippen LogP contribution in [-0.4, -0.2) is 41.2 Å². The highest BCUT2D eigenvalue weighted by atomic mass is 19.1. The minimum absolute atomic E-state index is 0.317. The lowest BCUT2D eigenvalue weighted by molar-refractivity contribution is 0.0443. The molecule has 2 fully saturated rings. The minimum Gasteiger partial charge on any atom is -0.487 e. The Bertz CT molecular complexity index is 1130. The Balaban J connectivity index is 1.18. The zero-order chi connectivity index (χ0) is 23.4. The normalized spacial score (nSPS) is 20.9. The molecule has 6 nitrogen and oxygen atoms in total. The van der Waals surface area contributed by atoms with Gasteiger partial charge < -0.3 is 9.47 Å². The van der Waals surface area contributed by atoms with Gasteiger partial charge in [0.05, 0.1) is 12.2 Å². The van der Waals surface area contributed by atoms with Crippen LogP contribution in [0.25, 0.3) is 0 Å². The number of hydrogen-bond donors (Lipinski definition) is 0. The third-order valence-electron chi connectivity index (χ3n) is 6.52. The van der Waals surface area contributed by atoms with E-state index in [0.29, 0.717) is 18.8 Å². The zero-order valence-electron chi connectivity index (χ0n) is 19.0. The third kappa shape index (κ3) is 5.20. The van der Waals surface area contributed by atoms with E-state index < -0.39 is 5.60 Å². The number of hydrogen-bond acceptors (Lipinski definition) is 5. The summed E-state index contributed by atoms with van der Waals surface area (Å²) in [4.78, 5) is 20.9. The highest BCUT2D eigenvalue weighted by Gasteiger charge is 2.46. The van der Waals surface area contributed by atoms with Crippen LogP contribution in [0.5, 0.6) is 5.75 Å². The number of amides is 1. The Morgan fingerprint density at radius 1 is 1.03 bits per heavy atom. The lowest BCUT2D eigenvalue weighted by Gasteiger charge is -2.25. The Kier molecular flexibility index (Phi) is 6.45. The fourth-order valence-electron chi connectivity index (χ4n) is 4.72. The highest BCUT2D eigenvalue weighted by molar-refractivity contribution is 5.90. The van der Waals surface area contributed by atoms with Crippen molar-refractivity contribution in [2.45, 2.75) is 38.0 Å². The van der Waals surface area contributed by atoms with Gasteiger partial charge in [0, 0.05) is 31.4 Å². The van der Waals surface area contributed by atoms with Crippen LogP contribution in [-0.2, 0) is 17.9 Å². The SMILES string of the molecule is O=C1O[C@@]2(CCCN(Cc3cccc(OCc4ccccn4)c3)CC2)CN1c1ccc(F)cc1. The molecule has 3 aromatic rings. The van der Waals surface area contributed by atoms with Gasteiger partial charge >= 0.3 is 6.09 Å². The van der Waals surface area contributed by atoms with Gasteiger partial charge in [0.2, 0.25) is 0 Å². The van der Waals surface area contributed by atoms with Crippen LogP contribution < -0.4 is 9.64 Å². The monoisotopic (exact) mass is 461 g/mol. The lowest BCUT2D eigenvalue weighted by atomic mass is 9.95. The number of halogens is 1. The molecule has 1 amide bonds. The van der Waals surface area contributed by atoms with Crippen LogP contribution in [0.2, 0.25) is 0 Å². The molecule has 2 saturated heterocycles. The molecule has 1 spiro atoms. The maximum absolute atomic E-state index is 13.3. The van der Waals surface area contributed by atoms with Gasteiger partial charge in [0.15, 0.2) is 0 Å². The number of rotatable bonds is 6. The fraction of sp³-hybridized carbons (Fsp3) is 0.333. The quantitative estimate of drug-likeness (QED) is 0.506.